The molecule has 0 bridgehead atoms. The summed E-state index contributed by atoms with van der Waals surface area (Å²) in [5.41, 5.74) is 10.9. The van der Waals surface area contributed by atoms with Gasteiger partial charge in [-0.15, -0.1) is 0 Å². The van der Waals surface area contributed by atoms with Gasteiger partial charge < -0.3 is 14.2 Å². The van der Waals surface area contributed by atoms with Gasteiger partial charge >= 0.3 is 0 Å². The summed E-state index contributed by atoms with van der Waals surface area (Å²) in [5, 5.41) is 8.02. The van der Waals surface area contributed by atoms with E-state index >= 15 is 0 Å². The lowest BCUT2D eigenvalue weighted by Crippen LogP contribution is -2.77. The van der Waals surface area contributed by atoms with Crippen LogP contribution in [0.1, 0.15) is 0 Å². The molecular weight excluding hydrogens is 764 g/mol. The lowest BCUT2D eigenvalue weighted by Gasteiger charge is -2.45. The van der Waals surface area contributed by atoms with Crippen molar-refractivity contribution >= 4 is 103 Å². The average Bonchev–Trinajstić information content (AvgIpc) is 3.65. The zero-order chi connectivity index (χ0) is 39.4. The molecule has 0 radical (unpaired) electrons. The van der Waals surface area contributed by atoms with Gasteiger partial charge in [0.15, 0.2) is 8.07 Å². The van der Waals surface area contributed by atoms with Crippen molar-refractivity contribution in [3.8, 4) is 17.2 Å². The van der Waals surface area contributed by atoms with Crippen molar-refractivity contribution in [3.63, 3.8) is 0 Å². The van der Waals surface area contributed by atoms with Gasteiger partial charge in [0.05, 0.1) is 11.0 Å². The molecule has 0 saturated heterocycles. The summed E-state index contributed by atoms with van der Waals surface area (Å²) in [6, 6.07) is 79.0. The molecule has 0 aliphatic carbocycles. The van der Waals surface area contributed by atoms with Crippen molar-refractivity contribution in [2.24, 2.45) is 0 Å². The summed E-state index contributed by atoms with van der Waals surface area (Å²) >= 11 is 1.85. The molecule has 1 aromatic heterocycles. The fourth-order valence-electron chi connectivity index (χ4n) is 10.6. The summed E-state index contributed by atoms with van der Waals surface area (Å²) in [4.78, 5) is 5.11. The van der Waals surface area contributed by atoms with E-state index in [1.165, 1.54) is 80.1 Å². The summed E-state index contributed by atoms with van der Waals surface area (Å²) in [5.74, 6) is 1.88. The molecule has 0 amide bonds. The first kappa shape index (κ1) is 33.9. The number of aromatic nitrogens is 1. The van der Waals surface area contributed by atoms with Crippen molar-refractivity contribution in [1.29, 1.82) is 0 Å². The molecule has 0 fully saturated rings. The fraction of sp³-hybridized carbons (Fsp3) is 0. The van der Waals surface area contributed by atoms with Crippen LogP contribution in [0, 0.1) is 0 Å². The van der Waals surface area contributed by atoms with Crippen molar-refractivity contribution in [1.82, 2.24) is 4.57 Å². The van der Waals surface area contributed by atoms with E-state index < -0.39 is 8.07 Å². The minimum Gasteiger partial charge on any atom is -0.458 e. The lowest BCUT2D eigenvalue weighted by molar-refractivity contribution is 0.486. The standard InChI is InChI=1S/C54H35BN2OSSi/c1-3-16-38(17-4-1)60(39-18-5-2-6-19-39)52-29-14-12-25-46(52)57(47-35-37(31-33-53(47)60)56-44-23-10-7-20-40(44)41-21-8-11-24-45(41)56)36-30-32-50-43(34-36)55-42-22-9-13-26-48(42)58-49-27-15-28-51(59-50)54(49)55/h1-35H. The van der Waals surface area contributed by atoms with E-state index in [0.717, 1.165) is 22.9 Å². The SMILES string of the molecule is c1ccc([Si]2(c3ccccc3)c3ccccc3N(c3ccc4c(c3)B3c5ccccc5Oc5cccc(c53)S4)c3cc(-n4c5ccccc5c5ccccc54)ccc32)cc1. The Bertz CT molecular complexity index is 3260. The molecule has 9 aromatic carbocycles. The highest BCUT2D eigenvalue weighted by molar-refractivity contribution is 8.00. The molecule has 0 N–H and O–H groups in total. The van der Waals surface area contributed by atoms with Gasteiger partial charge in [0.1, 0.15) is 11.5 Å². The molecule has 4 heterocycles. The van der Waals surface area contributed by atoms with Gasteiger partial charge in [-0.2, -0.15) is 0 Å². The lowest BCUT2D eigenvalue weighted by atomic mass is 9.35. The van der Waals surface area contributed by atoms with Gasteiger partial charge in [-0.3, -0.25) is 0 Å². The Balaban J connectivity index is 1.12. The van der Waals surface area contributed by atoms with E-state index in [2.05, 4.69) is 222 Å². The predicted molar refractivity (Wildman–Crippen MR) is 254 cm³/mol. The average molecular weight is 799 g/mol. The van der Waals surface area contributed by atoms with Crippen LogP contribution in [0.4, 0.5) is 17.1 Å². The summed E-state index contributed by atoms with van der Waals surface area (Å²) < 4.78 is 9.03. The normalized spacial score (nSPS) is 14.1. The van der Waals surface area contributed by atoms with Crippen LogP contribution in [0.15, 0.2) is 222 Å². The number of fused-ring (bicyclic) bond motifs is 9. The van der Waals surface area contributed by atoms with Gasteiger partial charge in [-0.1, -0.05) is 163 Å². The van der Waals surface area contributed by atoms with E-state index in [0.29, 0.717) is 0 Å². The summed E-state index contributed by atoms with van der Waals surface area (Å²) in [6.07, 6.45) is 0. The monoisotopic (exact) mass is 798 g/mol. The third kappa shape index (κ3) is 4.69. The largest absolute Gasteiger partial charge is 0.458 e. The number of hydrogen-bond acceptors (Lipinski definition) is 3. The van der Waals surface area contributed by atoms with Crippen LogP contribution >= 0.6 is 11.8 Å². The minimum atomic E-state index is -2.88. The molecule has 0 spiro atoms. The fourth-order valence-corrected chi connectivity index (χ4v) is 16.8. The van der Waals surface area contributed by atoms with Gasteiger partial charge in [0.25, 0.3) is 6.71 Å². The van der Waals surface area contributed by atoms with Crippen LogP contribution in [0.5, 0.6) is 11.5 Å². The molecule has 6 heteroatoms. The van der Waals surface area contributed by atoms with Crippen LogP contribution in [0.2, 0.25) is 0 Å². The highest BCUT2D eigenvalue weighted by Gasteiger charge is 2.49. The number of anilines is 3. The maximum Gasteiger partial charge on any atom is 0.253 e. The highest BCUT2D eigenvalue weighted by atomic mass is 32.2. The van der Waals surface area contributed by atoms with Crippen LogP contribution < -0.4 is 46.8 Å². The second-order valence-electron chi connectivity index (χ2n) is 16.0. The Morgan fingerprint density at radius 1 is 0.433 bits per heavy atom. The zero-order valence-corrected chi connectivity index (χ0v) is 34.3. The van der Waals surface area contributed by atoms with Crippen LogP contribution in [0.25, 0.3) is 27.5 Å². The quantitative estimate of drug-likeness (QED) is 0.166. The van der Waals surface area contributed by atoms with Gasteiger partial charge in [0, 0.05) is 43.3 Å². The molecule has 0 saturated carbocycles. The maximum atomic E-state index is 6.57. The molecule has 60 heavy (non-hydrogen) atoms. The van der Waals surface area contributed by atoms with Gasteiger partial charge in [-0.25, -0.2) is 0 Å². The Morgan fingerprint density at radius 3 is 1.82 bits per heavy atom. The van der Waals surface area contributed by atoms with Crippen LogP contribution in [-0.2, 0) is 0 Å². The number of ether oxygens (including phenoxy) is 1. The van der Waals surface area contributed by atoms with Crippen LogP contribution in [-0.4, -0.2) is 19.4 Å². The molecule has 3 nitrogen and oxygen atoms in total. The van der Waals surface area contributed by atoms with Gasteiger partial charge in [0.2, 0.25) is 0 Å². The van der Waals surface area contributed by atoms with E-state index in [-0.39, 0.29) is 6.71 Å². The number of para-hydroxylation sites is 4. The number of rotatable bonds is 4. The Labute approximate surface area is 354 Å². The number of nitrogens with zero attached hydrogens (tertiary/aromatic N) is 2. The molecule has 3 aliphatic heterocycles. The molecule has 280 valence electrons. The van der Waals surface area contributed by atoms with E-state index in [1.807, 2.05) is 11.8 Å². The smallest absolute Gasteiger partial charge is 0.253 e. The molecule has 0 unspecified atom stereocenters. The van der Waals surface area contributed by atoms with Crippen molar-refractivity contribution in [2.75, 3.05) is 4.90 Å². The topological polar surface area (TPSA) is 17.4 Å². The maximum absolute atomic E-state index is 6.57. The van der Waals surface area contributed by atoms with Crippen molar-refractivity contribution in [2.45, 2.75) is 9.79 Å². The first-order chi connectivity index (χ1) is 29.8. The highest BCUT2D eigenvalue weighted by Crippen LogP contribution is 2.43. The zero-order valence-electron chi connectivity index (χ0n) is 32.5. The number of benzene rings is 9. The Morgan fingerprint density at radius 2 is 1.05 bits per heavy atom. The molecule has 0 atom stereocenters. The molecule has 13 rings (SSSR count). The molecule has 10 aromatic rings. The molecule has 3 aliphatic rings. The first-order valence-corrected chi connectivity index (χ1v) is 23.4. The summed E-state index contributed by atoms with van der Waals surface area (Å²) in [6.45, 7) is 0.0582. The second-order valence-corrected chi connectivity index (χ2v) is 20.8. The van der Waals surface area contributed by atoms with Crippen molar-refractivity contribution < 1.29 is 4.74 Å². The van der Waals surface area contributed by atoms with Gasteiger partial charge in [-0.05, 0) is 98.4 Å². The number of hydrogen-bond donors (Lipinski definition) is 0. The Hall–Kier alpha value is -6.99. The predicted octanol–water partition coefficient (Wildman–Crippen LogP) is 9.03. The third-order valence-electron chi connectivity index (χ3n) is 13.0. The third-order valence-corrected chi connectivity index (χ3v) is 19.0. The Kier molecular flexibility index (Phi) is 7.36. The van der Waals surface area contributed by atoms with E-state index in [9.17, 15) is 0 Å². The van der Waals surface area contributed by atoms with Crippen molar-refractivity contribution in [3.05, 3.63) is 212 Å². The summed E-state index contributed by atoms with van der Waals surface area (Å²) in [7, 11) is -2.88. The molecular formula is C54H35BN2OSSi. The second kappa shape index (κ2) is 13.0. The van der Waals surface area contributed by atoms with E-state index in [1.54, 1.807) is 0 Å². The minimum absolute atomic E-state index is 0.0582. The van der Waals surface area contributed by atoms with Crippen LogP contribution in [0.3, 0.4) is 0 Å². The first-order valence-electron chi connectivity index (χ1n) is 20.6. The van der Waals surface area contributed by atoms with E-state index in [4.69, 9.17) is 4.74 Å².